The van der Waals surface area contributed by atoms with E-state index in [4.69, 9.17) is 14.9 Å². The Hall–Kier alpha value is -4.90. The summed E-state index contributed by atoms with van der Waals surface area (Å²) in [6, 6.07) is 14.5. The Kier molecular flexibility index (Phi) is 5.92. The predicted molar refractivity (Wildman–Crippen MR) is 143 cm³/mol. The number of benzene rings is 2. The van der Waals surface area contributed by atoms with Crippen LogP contribution in [0.1, 0.15) is 28.6 Å². The molecular weight excluding hydrogens is 503 g/mol. The first-order valence-electron chi connectivity index (χ1n) is 12.2. The predicted octanol–water partition coefficient (Wildman–Crippen LogP) is 5.28. The molecule has 1 atom stereocenters. The van der Waals surface area contributed by atoms with Crippen LogP contribution in [0.4, 0.5) is 10.1 Å². The fourth-order valence-electron chi connectivity index (χ4n) is 5.19. The van der Waals surface area contributed by atoms with E-state index in [-0.39, 0.29) is 17.3 Å². The van der Waals surface area contributed by atoms with E-state index in [0.717, 1.165) is 12.0 Å². The second-order valence-corrected chi connectivity index (χ2v) is 9.26. The van der Waals surface area contributed by atoms with E-state index >= 15 is 4.39 Å². The molecule has 3 aliphatic heterocycles. The van der Waals surface area contributed by atoms with Crippen molar-refractivity contribution in [2.24, 2.45) is 4.99 Å². The maximum atomic E-state index is 15.7. The fourth-order valence-corrected chi connectivity index (χ4v) is 5.19. The number of rotatable bonds is 5. The highest BCUT2D eigenvalue weighted by Crippen LogP contribution is 2.49. The molecule has 0 spiro atoms. The van der Waals surface area contributed by atoms with Gasteiger partial charge < -0.3 is 19.3 Å². The fraction of sp³-hybridized carbons (Fsp3) is 0.179. The number of nitrogens with one attached hydrogen (secondary N) is 1. The average molecular weight is 527 g/mol. The van der Waals surface area contributed by atoms with Gasteiger partial charge in [-0.05, 0) is 48.4 Å². The summed E-state index contributed by atoms with van der Waals surface area (Å²) in [6.07, 6.45) is 2.38. The number of hydrogen-bond donors (Lipinski definition) is 1. The Morgan fingerprint density at radius 1 is 1.26 bits per heavy atom. The Labute approximate surface area is 223 Å². The molecule has 4 heterocycles. The van der Waals surface area contributed by atoms with Crippen molar-refractivity contribution in [2.45, 2.75) is 13.2 Å². The molecule has 0 bridgehead atoms. The number of aliphatic imine (C=N–C) groups is 1. The van der Waals surface area contributed by atoms with Crippen LogP contribution in [0, 0.1) is 28.3 Å². The van der Waals surface area contributed by atoms with E-state index < -0.39 is 17.0 Å². The molecule has 10 nitrogen and oxygen atoms in total. The average Bonchev–Trinajstić information content (AvgIpc) is 3.45. The number of pyridine rings is 1. The van der Waals surface area contributed by atoms with Gasteiger partial charge in [0.25, 0.3) is 5.69 Å². The number of nitrogens with zero attached hydrogens (tertiary/aromatic N) is 5. The van der Waals surface area contributed by atoms with Gasteiger partial charge in [0.2, 0.25) is 5.88 Å². The highest BCUT2D eigenvalue weighted by molar-refractivity contribution is 6.27. The first-order chi connectivity index (χ1) is 18.9. The number of halogens is 1. The minimum Gasteiger partial charge on any atom is -0.436 e. The summed E-state index contributed by atoms with van der Waals surface area (Å²) in [5.41, 5.74) is 4.70. The number of non-ortho nitro benzene ring substituents is 1. The van der Waals surface area contributed by atoms with Crippen molar-refractivity contribution in [3.05, 3.63) is 105 Å². The molecule has 3 aliphatic rings. The van der Waals surface area contributed by atoms with E-state index in [0.29, 0.717) is 52.5 Å². The summed E-state index contributed by atoms with van der Waals surface area (Å²) >= 11 is 0. The molecule has 1 fully saturated rings. The zero-order valence-electron chi connectivity index (χ0n) is 21.1. The SMILES string of the molecule is Cc1cccc(Oc2cc3c(cc2F)C2=C(c4ccc([N+](=O)[O-])cc4)N(C)/C(=N/C=N)C2=CN2CCOC32)n1. The second-order valence-electron chi connectivity index (χ2n) is 9.26. The van der Waals surface area contributed by atoms with Crippen LogP contribution >= 0.6 is 0 Å². The van der Waals surface area contributed by atoms with Crippen LogP contribution in [0.3, 0.4) is 0 Å². The van der Waals surface area contributed by atoms with E-state index in [2.05, 4.69) is 9.98 Å². The van der Waals surface area contributed by atoms with Gasteiger partial charge in [-0.1, -0.05) is 6.07 Å². The maximum Gasteiger partial charge on any atom is 0.269 e. The van der Waals surface area contributed by atoms with Crippen molar-refractivity contribution in [1.82, 2.24) is 14.8 Å². The molecule has 0 radical (unpaired) electrons. The van der Waals surface area contributed by atoms with Crippen LogP contribution in [-0.4, -0.2) is 52.1 Å². The molecule has 0 aliphatic carbocycles. The third kappa shape index (κ3) is 4.12. The standard InChI is InChI=1S/C28H23FN6O4/c1-16-4-3-5-24(32-16)39-23-13-20-19(12-22(23)29)25-21(14-34-10-11-38-28(20)34)27(31-15-30)33(2)26(25)17-6-8-18(9-7-17)35(36)37/h3-9,12-15,28,30H,10-11H2,1-2H3/b30-15?,31-27+. The topological polar surface area (TPSA) is 117 Å². The van der Waals surface area contributed by atoms with Crippen LogP contribution in [-0.2, 0) is 4.74 Å². The largest absolute Gasteiger partial charge is 0.436 e. The van der Waals surface area contributed by atoms with Crippen molar-refractivity contribution in [2.75, 3.05) is 20.2 Å². The summed E-state index contributed by atoms with van der Waals surface area (Å²) < 4.78 is 27.7. The quantitative estimate of drug-likeness (QED) is 0.208. The summed E-state index contributed by atoms with van der Waals surface area (Å²) in [6.45, 7) is 2.90. The van der Waals surface area contributed by atoms with Gasteiger partial charge in [0.05, 0.1) is 17.2 Å². The van der Waals surface area contributed by atoms with Crippen molar-refractivity contribution in [3.8, 4) is 11.6 Å². The van der Waals surface area contributed by atoms with Gasteiger partial charge in [0.1, 0.15) is 12.2 Å². The molecule has 3 aromatic rings. The second kappa shape index (κ2) is 9.44. The zero-order valence-corrected chi connectivity index (χ0v) is 21.1. The molecular formula is C28H23FN6O4. The lowest BCUT2D eigenvalue weighted by Gasteiger charge is -2.24. The zero-order chi connectivity index (χ0) is 27.3. The summed E-state index contributed by atoms with van der Waals surface area (Å²) in [7, 11) is 1.80. The molecule has 1 aromatic heterocycles. The Balaban J connectivity index is 1.58. The molecule has 0 amide bonds. The number of nitro groups is 1. The van der Waals surface area contributed by atoms with Gasteiger partial charge in [-0.15, -0.1) is 0 Å². The Morgan fingerprint density at radius 2 is 2.05 bits per heavy atom. The van der Waals surface area contributed by atoms with Gasteiger partial charge in [-0.25, -0.2) is 14.4 Å². The van der Waals surface area contributed by atoms with E-state index in [9.17, 15) is 10.1 Å². The van der Waals surface area contributed by atoms with Gasteiger partial charge in [-0.3, -0.25) is 15.5 Å². The lowest BCUT2D eigenvalue weighted by Crippen LogP contribution is -2.23. The number of aromatic nitrogens is 1. The molecule has 11 heteroatoms. The van der Waals surface area contributed by atoms with Gasteiger partial charge in [-0.2, -0.15) is 0 Å². The minimum atomic E-state index is -0.585. The number of aryl methyl sites for hydroxylation is 1. The number of likely N-dealkylation sites (N-methyl/N-ethyl adjacent to an activating group) is 1. The smallest absolute Gasteiger partial charge is 0.269 e. The van der Waals surface area contributed by atoms with Crippen molar-refractivity contribution in [3.63, 3.8) is 0 Å². The number of amidine groups is 1. The van der Waals surface area contributed by atoms with Crippen molar-refractivity contribution < 1.29 is 18.8 Å². The molecule has 0 saturated carbocycles. The summed E-state index contributed by atoms with van der Waals surface area (Å²) in [4.78, 5) is 23.3. The minimum absolute atomic E-state index is 0.0166. The molecule has 196 valence electrons. The summed E-state index contributed by atoms with van der Waals surface area (Å²) in [5, 5.41) is 18.9. The van der Waals surface area contributed by atoms with Crippen LogP contribution in [0.5, 0.6) is 11.6 Å². The third-order valence-electron chi connectivity index (χ3n) is 6.88. The van der Waals surface area contributed by atoms with Crippen LogP contribution < -0.4 is 4.74 Å². The lowest BCUT2D eigenvalue weighted by atomic mass is 9.92. The third-order valence-corrected chi connectivity index (χ3v) is 6.88. The van der Waals surface area contributed by atoms with Crippen molar-refractivity contribution in [1.29, 1.82) is 5.41 Å². The van der Waals surface area contributed by atoms with E-state index in [1.807, 2.05) is 29.0 Å². The number of fused-ring (bicyclic) bond motifs is 5. The monoisotopic (exact) mass is 526 g/mol. The number of ether oxygens (including phenoxy) is 2. The lowest BCUT2D eigenvalue weighted by molar-refractivity contribution is -0.384. The van der Waals surface area contributed by atoms with E-state index in [1.165, 1.54) is 18.2 Å². The molecule has 1 unspecified atom stereocenters. The Bertz CT molecular complexity index is 1610. The van der Waals surface area contributed by atoms with E-state index in [1.54, 1.807) is 37.4 Å². The van der Waals surface area contributed by atoms with Crippen LogP contribution in [0.25, 0.3) is 11.3 Å². The normalized spacial score (nSPS) is 18.9. The first kappa shape index (κ1) is 24.4. The van der Waals surface area contributed by atoms with Crippen LogP contribution in [0.15, 0.2) is 71.4 Å². The molecule has 2 aromatic carbocycles. The highest BCUT2D eigenvalue weighted by Gasteiger charge is 2.40. The summed E-state index contributed by atoms with van der Waals surface area (Å²) in [5.74, 6) is 0.204. The number of hydrogen-bond acceptors (Lipinski definition) is 7. The van der Waals surface area contributed by atoms with Gasteiger partial charge >= 0.3 is 0 Å². The molecule has 39 heavy (non-hydrogen) atoms. The molecule has 1 saturated heterocycles. The van der Waals surface area contributed by atoms with Gasteiger partial charge in [0, 0.05) is 60.4 Å². The van der Waals surface area contributed by atoms with Gasteiger partial charge in [0.15, 0.2) is 17.8 Å². The molecule has 6 rings (SSSR count). The maximum absolute atomic E-state index is 15.7. The van der Waals surface area contributed by atoms with Crippen molar-refractivity contribution >= 4 is 29.1 Å². The number of nitro benzene ring substituents is 1. The first-order valence-corrected chi connectivity index (χ1v) is 12.2. The molecule has 1 N–H and O–H groups in total. The Morgan fingerprint density at radius 3 is 2.77 bits per heavy atom. The van der Waals surface area contributed by atoms with Crippen LogP contribution in [0.2, 0.25) is 0 Å². The highest BCUT2D eigenvalue weighted by atomic mass is 19.1.